The molecule has 1 aromatic rings. The Kier molecular flexibility index (Phi) is 1.11. The van der Waals surface area contributed by atoms with Gasteiger partial charge in [0.25, 0.3) is 0 Å². The van der Waals surface area contributed by atoms with Gasteiger partial charge in [-0.05, 0) is 12.1 Å². The van der Waals surface area contributed by atoms with Crippen LogP contribution >= 0.6 is 0 Å². The van der Waals surface area contributed by atoms with Crippen molar-refractivity contribution in [1.82, 2.24) is 4.98 Å². The fourth-order valence-electron chi connectivity index (χ4n) is 0.451. The third-order valence-corrected chi connectivity index (χ3v) is 0.806. The summed E-state index contributed by atoms with van der Waals surface area (Å²) in [6.07, 6.45) is 1.70. The first-order chi connectivity index (χ1) is 3.43. The van der Waals surface area contributed by atoms with Gasteiger partial charge in [0.2, 0.25) is 0 Å². The van der Waals surface area contributed by atoms with Crippen LogP contribution in [0.4, 0.5) is 4.39 Å². The molecule has 2 heteroatoms. The van der Waals surface area contributed by atoms with Crippen LogP contribution in [0.1, 0.15) is 5.69 Å². The van der Waals surface area contributed by atoms with Gasteiger partial charge in [-0.25, -0.2) is 4.39 Å². The van der Waals surface area contributed by atoms with Crippen molar-refractivity contribution in [1.29, 1.82) is 0 Å². The van der Waals surface area contributed by atoms with Gasteiger partial charge in [-0.2, -0.15) is 0 Å². The summed E-state index contributed by atoms with van der Waals surface area (Å²) in [5.41, 5.74) is 0.639. The summed E-state index contributed by atoms with van der Waals surface area (Å²) in [4.78, 5) is 2.71. The second kappa shape index (κ2) is 1.78. The summed E-state index contributed by atoms with van der Waals surface area (Å²) in [5.74, 6) is 0. The Hall–Kier alpha value is -0.790. The highest BCUT2D eigenvalue weighted by Gasteiger charge is 1.84. The van der Waals surface area contributed by atoms with Crippen molar-refractivity contribution in [2.45, 2.75) is 6.67 Å². The Morgan fingerprint density at radius 2 is 2.57 bits per heavy atom. The molecule has 0 atom stereocenters. The fourth-order valence-corrected chi connectivity index (χ4v) is 0.451. The fraction of sp³-hybridized carbons (Fsp3) is 0.200. The van der Waals surface area contributed by atoms with Crippen molar-refractivity contribution in [3.63, 3.8) is 0 Å². The average molecular weight is 99.1 g/mol. The topological polar surface area (TPSA) is 15.8 Å². The molecule has 0 aliphatic heterocycles. The molecule has 0 aromatic carbocycles. The lowest BCUT2D eigenvalue weighted by atomic mass is 10.5. The molecular formula is C5H6FN. The molecular weight excluding hydrogens is 93.1 g/mol. The predicted octanol–water partition coefficient (Wildman–Crippen LogP) is 1.48. The molecule has 1 nitrogen and oxygen atoms in total. The van der Waals surface area contributed by atoms with E-state index in [0.717, 1.165) is 0 Å². The molecule has 1 N–H and O–H groups in total. The van der Waals surface area contributed by atoms with Crippen LogP contribution in [0.15, 0.2) is 18.3 Å². The van der Waals surface area contributed by atoms with Crippen LogP contribution in [0.2, 0.25) is 0 Å². The summed E-state index contributed by atoms with van der Waals surface area (Å²) in [6.45, 7) is -0.396. The second-order valence-corrected chi connectivity index (χ2v) is 1.33. The molecule has 0 spiro atoms. The summed E-state index contributed by atoms with van der Waals surface area (Å²) in [7, 11) is 0. The molecule has 7 heavy (non-hydrogen) atoms. The zero-order chi connectivity index (χ0) is 5.11. The van der Waals surface area contributed by atoms with Crippen molar-refractivity contribution in [3.05, 3.63) is 24.0 Å². The SMILES string of the molecule is FCc1ccc[nH]1. The van der Waals surface area contributed by atoms with Crippen molar-refractivity contribution < 1.29 is 4.39 Å². The molecule has 0 unspecified atom stereocenters. The lowest BCUT2D eigenvalue weighted by Crippen LogP contribution is -1.71. The van der Waals surface area contributed by atoms with Crippen LogP contribution in [0.5, 0.6) is 0 Å². The number of halogens is 1. The minimum atomic E-state index is -0.396. The Morgan fingerprint density at radius 1 is 1.71 bits per heavy atom. The normalized spacial score (nSPS) is 9.29. The van der Waals surface area contributed by atoms with Gasteiger partial charge in [0.1, 0.15) is 6.67 Å². The first kappa shape index (κ1) is 4.37. The summed E-state index contributed by atoms with van der Waals surface area (Å²) in [5, 5.41) is 0. The quantitative estimate of drug-likeness (QED) is 0.549. The van der Waals surface area contributed by atoms with Crippen molar-refractivity contribution in [2.75, 3.05) is 0 Å². The summed E-state index contributed by atoms with van der Waals surface area (Å²) >= 11 is 0. The van der Waals surface area contributed by atoms with Crippen LogP contribution in [0.25, 0.3) is 0 Å². The van der Waals surface area contributed by atoms with E-state index in [9.17, 15) is 4.39 Å². The van der Waals surface area contributed by atoms with Crippen LogP contribution in [0, 0.1) is 0 Å². The molecule has 0 aliphatic carbocycles. The Morgan fingerprint density at radius 3 is 2.86 bits per heavy atom. The number of hydrogen-bond donors (Lipinski definition) is 1. The van der Waals surface area contributed by atoms with Crippen LogP contribution < -0.4 is 0 Å². The third kappa shape index (κ3) is 0.796. The predicted molar refractivity (Wildman–Crippen MR) is 25.6 cm³/mol. The van der Waals surface area contributed by atoms with Crippen LogP contribution in [0.3, 0.4) is 0 Å². The lowest BCUT2D eigenvalue weighted by Gasteiger charge is -1.78. The first-order valence-electron chi connectivity index (χ1n) is 2.11. The first-order valence-corrected chi connectivity index (χ1v) is 2.11. The minimum Gasteiger partial charge on any atom is -0.363 e. The van der Waals surface area contributed by atoms with E-state index < -0.39 is 6.67 Å². The van der Waals surface area contributed by atoms with E-state index in [2.05, 4.69) is 4.98 Å². The number of alkyl halides is 1. The second-order valence-electron chi connectivity index (χ2n) is 1.33. The monoisotopic (exact) mass is 99.0 g/mol. The van der Waals surface area contributed by atoms with Crippen LogP contribution in [-0.4, -0.2) is 4.98 Å². The zero-order valence-corrected chi connectivity index (χ0v) is 3.82. The molecule has 38 valence electrons. The Bertz CT molecular complexity index is 123. The molecule has 0 fully saturated rings. The van der Waals surface area contributed by atoms with Crippen molar-refractivity contribution in [2.24, 2.45) is 0 Å². The molecule has 1 heterocycles. The Labute approximate surface area is 41.2 Å². The van der Waals surface area contributed by atoms with E-state index in [-0.39, 0.29) is 0 Å². The highest BCUT2D eigenvalue weighted by atomic mass is 19.1. The average Bonchev–Trinajstić information content (AvgIpc) is 2.14. The van der Waals surface area contributed by atoms with Crippen LogP contribution in [-0.2, 0) is 6.67 Å². The molecule has 0 amide bonds. The number of rotatable bonds is 1. The van der Waals surface area contributed by atoms with Gasteiger partial charge in [-0.1, -0.05) is 0 Å². The Balaban J connectivity index is 2.76. The van der Waals surface area contributed by atoms with E-state index in [1.54, 1.807) is 18.3 Å². The van der Waals surface area contributed by atoms with Gasteiger partial charge in [0, 0.05) is 11.9 Å². The molecule has 0 radical (unpaired) electrons. The third-order valence-electron chi connectivity index (χ3n) is 0.806. The summed E-state index contributed by atoms with van der Waals surface area (Å²) in [6, 6.07) is 3.48. The molecule has 1 rings (SSSR count). The van der Waals surface area contributed by atoms with E-state index in [0.29, 0.717) is 5.69 Å². The van der Waals surface area contributed by atoms with E-state index in [1.807, 2.05) is 0 Å². The number of aromatic amines is 1. The number of hydrogen-bond acceptors (Lipinski definition) is 0. The number of aromatic nitrogens is 1. The van der Waals surface area contributed by atoms with Crippen molar-refractivity contribution >= 4 is 0 Å². The largest absolute Gasteiger partial charge is 0.363 e. The van der Waals surface area contributed by atoms with Gasteiger partial charge >= 0.3 is 0 Å². The smallest absolute Gasteiger partial charge is 0.129 e. The zero-order valence-electron chi connectivity index (χ0n) is 3.82. The van der Waals surface area contributed by atoms with Gasteiger partial charge < -0.3 is 4.98 Å². The van der Waals surface area contributed by atoms with Crippen molar-refractivity contribution in [3.8, 4) is 0 Å². The maximum absolute atomic E-state index is 11.5. The highest BCUT2D eigenvalue weighted by Crippen LogP contribution is 1.93. The van der Waals surface area contributed by atoms with Gasteiger partial charge in [-0.3, -0.25) is 0 Å². The maximum Gasteiger partial charge on any atom is 0.129 e. The number of H-pyrrole nitrogens is 1. The maximum atomic E-state index is 11.5. The standard InChI is InChI=1S/C5H6FN/c6-4-5-2-1-3-7-5/h1-3,7H,4H2. The highest BCUT2D eigenvalue weighted by molar-refractivity contribution is 5.01. The molecule has 1 aromatic heterocycles. The number of nitrogens with one attached hydrogen (secondary N) is 1. The minimum absolute atomic E-state index is 0.396. The van der Waals surface area contributed by atoms with E-state index in [4.69, 9.17) is 0 Å². The van der Waals surface area contributed by atoms with Gasteiger partial charge in [-0.15, -0.1) is 0 Å². The van der Waals surface area contributed by atoms with Gasteiger partial charge in [0.05, 0.1) is 0 Å². The molecule has 0 saturated heterocycles. The van der Waals surface area contributed by atoms with Gasteiger partial charge in [0.15, 0.2) is 0 Å². The molecule has 0 bridgehead atoms. The van der Waals surface area contributed by atoms with E-state index >= 15 is 0 Å². The summed E-state index contributed by atoms with van der Waals surface area (Å²) < 4.78 is 11.5. The van der Waals surface area contributed by atoms with E-state index in [1.165, 1.54) is 0 Å². The molecule has 0 aliphatic rings. The lowest BCUT2D eigenvalue weighted by molar-refractivity contribution is 0.477. The molecule has 0 saturated carbocycles.